The minimum absolute atomic E-state index is 0.356. The van der Waals surface area contributed by atoms with Gasteiger partial charge in [0.2, 0.25) is 0 Å². The minimum atomic E-state index is 0.356. The lowest BCUT2D eigenvalue weighted by Gasteiger charge is -2.12. The minimum Gasteiger partial charge on any atom is -0.495 e. The third-order valence-electron chi connectivity index (χ3n) is 16.0. The molecular weight excluding hydrogens is 1580 g/mol. The molecule has 0 bridgehead atoms. The number of methoxy groups -OCH3 is 1. The summed E-state index contributed by atoms with van der Waals surface area (Å²) in [4.78, 5) is 16.4. The molecule has 4 heterocycles. The standard InChI is InChI=1S/C11H15N3.C11H14N2O.2C11H14N2.C10H13N3.3C10H12N2.2C9H11N3/c1-7(2)13-11-5-8(3)10(6-12)9(4)14-11;1-8(2)13-10-5-4-9(7-12)11(6-10)14-3;1-8(2)13-11-5-4-10(7-12)9(3)6-11;1-8(2)13-11-5-4-10(7-12)6-9(11)3;1-7(2)12-10-5-4-9(6-11)8(3)13-10;3*1-8(2)12-10-5-3-9(7-11)4-6-10;2*1-7(2)12-9-4-3-8(5-10)11-6-9/h5,7H,1-4H3,(H,13,14);4-6,8,13H,1-3H3;2*4-6,8,13H,1-3H3;4-5,7H,1-3H3,(H,12,13);3*3-6,8,12H,1-2H3;2*3-4,6-7,12H,1-2H3. The highest BCUT2D eigenvalue weighted by Crippen LogP contribution is 2.24. The number of aryl methyl sites for hydroxylation is 5. The molecule has 10 aromatic rings. The van der Waals surface area contributed by atoms with Crippen LogP contribution in [-0.4, -0.2) is 87.5 Å². The molecule has 0 atom stereocenters. The highest BCUT2D eigenvalue weighted by atomic mass is 16.5. The maximum atomic E-state index is 8.86. The third kappa shape index (κ3) is 48.2. The fourth-order valence-electron chi connectivity index (χ4n) is 10.7. The van der Waals surface area contributed by atoms with Gasteiger partial charge in [0.05, 0.1) is 117 Å². The molecule has 0 aliphatic heterocycles. The first-order valence-corrected chi connectivity index (χ1v) is 42.0. The Hall–Kier alpha value is -15.4. The van der Waals surface area contributed by atoms with Crippen molar-refractivity contribution in [2.75, 3.05) is 60.3 Å². The monoisotopic (exact) mass is 1710 g/mol. The van der Waals surface area contributed by atoms with Gasteiger partial charge >= 0.3 is 0 Å². The number of hydrogen-bond acceptors (Lipinski definition) is 25. The molecule has 6 aromatic carbocycles. The van der Waals surface area contributed by atoms with Crippen molar-refractivity contribution in [1.82, 2.24) is 19.9 Å². The maximum Gasteiger partial charge on any atom is 0.140 e. The summed E-state index contributed by atoms with van der Waals surface area (Å²) < 4.78 is 5.10. The number of pyridine rings is 4. The zero-order valence-corrected chi connectivity index (χ0v) is 78.8. The van der Waals surface area contributed by atoms with E-state index in [9.17, 15) is 0 Å². The largest absolute Gasteiger partial charge is 0.495 e. The molecule has 0 saturated heterocycles. The highest BCUT2D eigenvalue weighted by Gasteiger charge is 2.10. The molecule has 0 unspecified atom stereocenters. The fraction of sp³-hybridized carbons (Fsp3) is 0.353. The number of rotatable bonds is 21. The molecule has 25 nitrogen and oxygen atoms in total. The van der Waals surface area contributed by atoms with Gasteiger partial charge in [-0.1, -0.05) is 0 Å². The van der Waals surface area contributed by atoms with Crippen molar-refractivity contribution >= 4 is 57.1 Å². The first kappa shape index (κ1) is 110. The number of benzene rings is 6. The fourth-order valence-corrected chi connectivity index (χ4v) is 10.7. The summed E-state index contributed by atoms with van der Waals surface area (Å²) in [5.74, 6) is 2.28. The van der Waals surface area contributed by atoms with Crippen molar-refractivity contribution in [2.24, 2.45) is 0 Å². The van der Waals surface area contributed by atoms with E-state index in [0.717, 1.165) is 90.8 Å². The molecule has 0 spiro atoms. The number of nitrogens with zero attached hydrogens (tertiary/aromatic N) is 14. The summed E-state index contributed by atoms with van der Waals surface area (Å²) >= 11 is 0. The lowest BCUT2D eigenvalue weighted by molar-refractivity contribution is 0.413. The van der Waals surface area contributed by atoms with Crippen LogP contribution in [0.5, 0.6) is 5.75 Å². The number of ether oxygens (including phenoxy) is 1. The Morgan fingerprint density at radius 3 is 0.882 bits per heavy atom. The van der Waals surface area contributed by atoms with E-state index in [-0.39, 0.29) is 0 Å². The number of hydrogen-bond donors (Lipinski definition) is 10. The summed E-state index contributed by atoms with van der Waals surface area (Å²) in [5.41, 5.74) is 19.2. The second-order valence-corrected chi connectivity index (χ2v) is 31.8. The molecule has 0 radical (unpaired) electrons. The van der Waals surface area contributed by atoms with Gasteiger partial charge in [-0.25, -0.2) is 19.9 Å². The van der Waals surface area contributed by atoms with Crippen LogP contribution < -0.4 is 57.9 Å². The topological polar surface area (TPSA) is 419 Å². The molecule has 0 fully saturated rings. The molecular formula is C102H128N24O. The molecule has 0 amide bonds. The number of aromatic nitrogens is 4. The number of nitrogens with one attached hydrogen (secondary N) is 10. The Labute approximate surface area is 756 Å². The average Bonchev–Trinajstić information content (AvgIpc) is 0.841. The van der Waals surface area contributed by atoms with E-state index in [4.69, 9.17) is 57.4 Å². The smallest absolute Gasteiger partial charge is 0.140 e. The van der Waals surface area contributed by atoms with Gasteiger partial charge in [-0.15, -0.1) is 0 Å². The predicted octanol–water partition coefficient (Wildman–Crippen LogP) is 22.9. The molecule has 662 valence electrons. The SMILES string of the molecule is CC(C)Nc1ccc(C#N)cc1.CC(C)Nc1ccc(C#N)cc1.CC(C)Nc1ccc(C#N)cc1.CC(C)Nc1ccc(C#N)nc1.CC(C)Nc1ccc(C#N)nc1.COc1cc(NC(C)C)ccc1C#N.Cc1cc(C#N)ccc1NC(C)C.Cc1cc(NC(C)C)ccc1C#N.Cc1cc(NC(C)C)nc(C)c1C#N.Cc1nc(NC(C)C)ccc1C#N. The van der Waals surface area contributed by atoms with Crippen molar-refractivity contribution < 1.29 is 4.74 Å². The normalized spacial score (nSPS) is 9.65. The van der Waals surface area contributed by atoms with Crippen molar-refractivity contribution in [2.45, 2.75) is 234 Å². The summed E-state index contributed by atoms with van der Waals surface area (Å²) in [6, 6.07) is 76.6. The van der Waals surface area contributed by atoms with Gasteiger partial charge in [-0.3, -0.25) is 0 Å². The Morgan fingerprint density at radius 2 is 0.575 bits per heavy atom. The Balaban J connectivity index is 0.000000706. The van der Waals surface area contributed by atoms with E-state index in [1.807, 2.05) is 192 Å². The average molecular weight is 1710 g/mol. The van der Waals surface area contributed by atoms with Crippen LogP contribution in [0.25, 0.3) is 0 Å². The lowest BCUT2D eigenvalue weighted by Crippen LogP contribution is -2.12. The van der Waals surface area contributed by atoms with E-state index >= 15 is 0 Å². The van der Waals surface area contributed by atoms with E-state index < -0.39 is 0 Å². The van der Waals surface area contributed by atoms with Crippen LogP contribution in [0.15, 0.2) is 182 Å². The zero-order chi connectivity index (χ0) is 95.7. The molecule has 127 heavy (non-hydrogen) atoms. The molecule has 10 rings (SSSR count). The molecule has 0 aliphatic carbocycles. The number of anilines is 10. The molecule has 4 aromatic heterocycles. The van der Waals surface area contributed by atoms with Gasteiger partial charge in [-0.05, 0) is 354 Å². The summed E-state index contributed by atoms with van der Waals surface area (Å²) in [7, 11) is 1.56. The van der Waals surface area contributed by atoms with Crippen LogP contribution in [0.3, 0.4) is 0 Å². The summed E-state index contributed by atoms with van der Waals surface area (Å²) in [6.45, 7) is 51.0. The second-order valence-electron chi connectivity index (χ2n) is 31.8. The van der Waals surface area contributed by atoms with Gasteiger partial charge in [-0.2, -0.15) is 52.6 Å². The first-order chi connectivity index (χ1) is 60.2. The van der Waals surface area contributed by atoms with E-state index in [1.54, 1.807) is 43.8 Å². The summed E-state index contributed by atoms with van der Waals surface area (Å²) in [6.07, 6.45) is 3.33. The van der Waals surface area contributed by atoms with E-state index in [2.05, 4.69) is 260 Å². The van der Waals surface area contributed by atoms with Crippen LogP contribution in [0, 0.1) is 148 Å². The number of nitriles is 10. The quantitative estimate of drug-likeness (QED) is 0.0319. The Kier molecular flexibility index (Phi) is 52.7. The van der Waals surface area contributed by atoms with Gasteiger partial charge < -0.3 is 57.9 Å². The van der Waals surface area contributed by atoms with Crippen LogP contribution in [0.1, 0.15) is 222 Å². The van der Waals surface area contributed by atoms with Crippen LogP contribution in [-0.2, 0) is 0 Å². The van der Waals surface area contributed by atoms with Crippen molar-refractivity contribution in [3.05, 3.63) is 266 Å². The van der Waals surface area contributed by atoms with E-state index in [0.29, 0.717) is 116 Å². The van der Waals surface area contributed by atoms with Crippen LogP contribution in [0.2, 0.25) is 0 Å². The van der Waals surface area contributed by atoms with Crippen molar-refractivity contribution in [1.29, 1.82) is 52.6 Å². The molecule has 10 N–H and O–H groups in total. The van der Waals surface area contributed by atoms with Crippen LogP contribution in [0.4, 0.5) is 57.1 Å². The molecule has 0 aliphatic rings. The van der Waals surface area contributed by atoms with Crippen molar-refractivity contribution in [3.63, 3.8) is 0 Å². The van der Waals surface area contributed by atoms with Crippen LogP contribution >= 0.6 is 0 Å². The Morgan fingerprint density at radius 1 is 0.252 bits per heavy atom. The van der Waals surface area contributed by atoms with Gasteiger partial charge in [0.1, 0.15) is 59.1 Å². The predicted molar refractivity (Wildman–Crippen MR) is 521 cm³/mol. The summed E-state index contributed by atoms with van der Waals surface area (Å²) in [5, 5.41) is 119. The van der Waals surface area contributed by atoms with E-state index in [1.165, 1.54) is 0 Å². The second kappa shape index (κ2) is 61.0. The molecule has 25 heteroatoms. The maximum absolute atomic E-state index is 8.86. The first-order valence-electron chi connectivity index (χ1n) is 42.0. The van der Waals surface area contributed by atoms with Gasteiger partial charge in [0, 0.05) is 101 Å². The van der Waals surface area contributed by atoms with Crippen molar-refractivity contribution in [3.8, 4) is 66.4 Å². The third-order valence-corrected chi connectivity index (χ3v) is 16.0. The molecule has 0 saturated carbocycles. The van der Waals surface area contributed by atoms with Gasteiger partial charge in [0.15, 0.2) is 0 Å². The Bertz CT molecular complexity index is 4910. The highest BCUT2D eigenvalue weighted by molar-refractivity contribution is 5.58. The zero-order valence-electron chi connectivity index (χ0n) is 78.8. The lowest BCUT2D eigenvalue weighted by atomic mass is 10.1. The van der Waals surface area contributed by atoms with Gasteiger partial charge in [0.25, 0.3) is 0 Å².